The van der Waals surface area contributed by atoms with Gasteiger partial charge in [-0.2, -0.15) is 0 Å². The summed E-state index contributed by atoms with van der Waals surface area (Å²) < 4.78 is 9.73. The molecule has 0 bridgehead atoms. The van der Waals surface area contributed by atoms with Crippen LogP contribution in [0.15, 0.2) is 30.3 Å². The van der Waals surface area contributed by atoms with Gasteiger partial charge >= 0.3 is 12.2 Å². The third-order valence-electron chi connectivity index (χ3n) is 2.77. The second-order valence-electron chi connectivity index (χ2n) is 4.21. The van der Waals surface area contributed by atoms with E-state index >= 15 is 0 Å². The predicted octanol–water partition coefficient (Wildman–Crippen LogP) is 0.890. The Morgan fingerprint density at radius 1 is 1.35 bits per heavy atom. The average Bonchev–Trinajstić information content (AvgIpc) is 2.71. The Balaban J connectivity index is 1.73. The number of hydrogen-bond acceptors (Lipinski definition) is 5. The summed E-state index contributed by atoms with van der Waals surface area (Å²) in [6, 6.07) is 9.18. The van der Waals surface area contributed by atoms with E-state index in [1.165, 1.54) is 7.05 Å². The Morgan fingerprint density at radius 3 is 2.65 bits per heavy atom. The number of hydrogen-bond donors (Lipinski definition) is 1. The number of cyclic esters (lactones) is 1. The minimum atomic E-state index is -0.989. The number of benzene rings is 1. The first kappa shape index (κ1) is 13.9. The van der Waals surface area contributed by atoms with Crippen molar-refractivity contribution in [3.8, 4) is 0 Å². The fraction of sp³-hybridized carbons (Fsp3) is 0.308. The Morgan fingerprint density at radius 2 is 2.05 bits per heavy atom. The van der Waals surface area contributed by atoms with Crippen LogP contribution in [-0.2, 0) is 20.9 Å². The number of imide groups is 1. The number of alkyl carbamates (subject to hydrolysis) is 1. The fourth-order valence-electron chi connectivity index (χ4n) is 1.64. The smallest absolute Gasteiger partial charge is 0.417 e. The summed E-state index contributed by atoms with van der Waals surface area (Å²) in [6.07, 6.45) is -2.39. The van der Waals surface area contributed by atoms with Crippen LogP contribution in [0.4, 0.5) is 9.59 Å². The second kappa shape index (κ2) is 6.05. The zero-order valence-corrected chi connectivity index (χ0v) is 10.9. The standard InChI is InChI=1S/C13H14N2O5/c1-15-11(16)10(20-13(15)18)7-14-12(17)19-8-9-5-3-2-4-6-9/h2-6,10H,7-8H2,1H3,(H,14,17). The molecule has 0 spiro atoms. The number of nitrogens with one attached hydrogen (secondary N) is 1. The molecule has 1 aromatic rings. The number of likely N-dealkylation sites (N-methyl/N-ethyl adjacent to an activating group) is 1. The molecule has 0 radical (unpaired) electrons. The van der Waals surface area contributed by atoms with Crippen molar-refractivity contribution in [1.29, 1.82) is 0 Å². The summed E-state index contributed by atoms with van der Waals surface area (Å²) in [6.45, 7) is 0.0213. The number of ether oxygens (including phenoxy) is 2. The van der Waals surface area contributed by atoms with Crippen molar-refractivity contribution >= 4 is 18.1 Å². The highest BCUT2D eigenvalue weighted by Gasteiger charge is 2.38. The first-order valence-corrected chi connectivity index (χ1v) is 6.00. The zero-order chi connectivity index (χ0) is 14.5. The highest BCUT2D eigenvalue weighted by Crippen LogP contribution is 2.09. The van der Waals surface area contributed by atoms with E-state index in [1.54, 1.807) is 0 Å². The van der Waals surface area contributed by atoms with E-state index in [0.717, 1.165) is 10.5 Å². The van der Waals surface area contributed by atoms with Crippen molar-refractivity contribution < 1.29 is 23.9 Å². The molecule has 1 saturated heterocycles. The minimum Gasteiger partial charge on any atom is -0.445 e. The van der Waals surface area contributed by atoms with E-state index in [2.05, 4.69) is 5.32 Å². The monoisotopic (exact) mass is 278 g/mol. The van der Waals surface area contributed by atoms with Gasteiger partial charge in [0, 0.05) is 7.05 Å². The van der Waals surface area contributed by atoms with Crippen molar-refractivity contribution in [3.63, 3.8) is 0 Å². The van der Waals surface area contributed by atoms with Gasteiger partial charge in [-0.25, -0.2) is 14.5 Å². The zero-order valence-electron chi connectivity index (χ0n) is 10.9. The number of carbonyl (C=O) groups is 3. The van der Waals surface area contributed by atoms with E-state index in [0.29, 0.717) is 0 Å². The molecule has 1 N–H and O–H groups in total. The fourth-order valence-corrected chi connectivity index (χ4v) is 1.64. The average molecular weight is 278 g/mol. The van der Waals surface area contributed by atoms with E-state index in [1.807, 2.05) is 30.3 Å². The molecule has 7 heteroatoms. The first-order chi connectivity index (χ1) is 9.58. The third kappa shape index (κ3) is 3.25. The maximum Gasteiger partial charge on any atom is 0.417 e. The number of rotatable bonds is 4. The van der Waals surface area contributed by atoms with Gasteiger partial charge in [0.05, 0.1) is 6.54 Å². The van der Waals surface area contributed by atoms with Crippen LogP contribution in [-0.4, -0.2) is 42.7 Å². The van der Waals surface area contributed by atoms with Crippen LogP contribution in [0.5, 0.6) is 0 Å². The largest absolute Gasteiger partial charge is 0.445 e. The van der Waals surface area contributed by atoms with Crippen LogP contribution < -0.4 is 5.32 Å². The summed E-state index contributed by atoms with van der Waals surface area (Å²) in [7, 11) is 1.32. The van der Waals surface area contributed by atoms with E-state index in [4.69, 9.17) is 9.47 Å². The van der Waals surface area contributed by atoms with Gasteiger partial charge in [0.15, 0.2) is 6.10 Å². The van der Waals surface area contributed by atoms with Gasteiger partial charge in [0.25, 0.3) is 5.91 Å². The lowest BCUT2D eigenvalue weighted by Gasteiger charge is -2.09. The van der Waals surface area contributed by atoms with Gasteiger partial charge in [-0.15, -0.1) is 0 Å². The lowest BCUT2D eigenvalue weighted by molar-refractivity contribution is -0.128. The molecule has 0 aromatic heterocycles. The maximum absolute atomic E-state index is 11.5. The topological polar surface area (TPSA) is 84.9 Å². The predicted molar refractivity (Wildman–Crippen MR) is 67.7 cm³/mol. The molecule has 1 fully saturated rings. The van der Waals surface area contributed by atoms with Gasteiger partial charge in [-0.05, 0) is 5.56 Å². The third-order valence-corrected chi connectivity index (χ3v) is 2.77. The number of carbonyl (C=O) groups excluding carboxylic acids is 3. The van der Waals surface area contributed by atoms with Crippen molar-refractivity contribution in [1.82, 2.24) is 10.2 Å². The number of nitrogens with zero attached hydrogens (tertiary/aromatic N) is 1. The Bertz CT molecular complexity index is 517. The van der Waals surface area contributed by atoms with Crippen molar-refractivity contribution in [3.05, 3.63) is 35.9 Å². The Kier molecular flexibility index (Phi) is 4.19. The van der Waals surface area contributed by atoms with Crippen molar-refractivity contribution in [2.75, 3.05) is 13.6 Å². The van der Waals surface area contributed by atoms with Crippen LogP contribution in [0.2, 0.25) is 0 Å². The van der Waals surface area contributed by atoms with Gasteiger partial charge in [0.1, 0.15) is 6.61 Å². The Hall–Kier alpha value is -2.57. The van der Waals surface area contributed by atoms with Gasteiger partial charge < -0.3 is 14.8 Å². The summed E-state index contributed by atoms with van der Waals surface area (Å²) in [4.78, 5) is 34.9. The van der Waals surface area contributed by atoms with Gasteiger partial charge in [0.2, 0.25) is 0 Å². The second-order valence-corrected chi connectivity index (χ2v) is 4.21. The molecule has 7 nitrogen and oxygen atoms in total. The van der Waals surface area contributed by atoms with E-state index in [9.17, 15) is 14.4 Å². The molecule has 0 aliphatic carbocycles. The molecular weight excluding hydrogens is 264 g/mol. The van der Waals surface area contributed by atoms with Crippen LogP contribution in [0.25, 0.3) is 0 Å². The van der Waals surface area contributed by atoms with Gasteiger partial charge in [-0.1, -0.05) is 30.3 Å². The summed E-state index contributed by atoms with van der Waals surface area (Å²) in [5.74, 6) is -0.488. The molecular formula is C13H14N2O5. The highest BCUT2D eigenvalue weighted by molar-refractivity contribution is 6.00. The molecule has 1 heterocycles. The lowest BCUT2D eigenvalue weighted by Crippen LogP contribution is -2.37. The first-order valence-electron chi connectivity index (χ1n) is 6.00. The Labute approximate surface area is 115 Å². The quantitative estimate of drug-likeness (QED) is 0.884. The summed E-state index contributed by atoms with van der Waals surface area (Å²) >= 11 is 0. The van der Waals surface area contributed by atoms with E-state index < -0.39 is 24.2 Å². The van der Waals surface area contributed by atoms with Crippen LogP contribution in [0.1, 0.15) is 5.56 Å². The van der Waals surface area contributed by atoms with E-state index in [-0.39, 0.29) is 13.2 Å². The molecule has 3 amide bonds. The molecule has 1 aromatic carbocycles. The van der Waals surface area contributed by atoms with Crippen molar-refractivity contribution in [2.24, 2.45) is 0 Å². The maximum atomic E-state index is 11.5. The molecule has 106 valence electrons. The van der Waals surface area contributed by atoms with Crippen LogP contribution in [0, 0.1) is 0 Å². The normalized spacial score (nSPS) is 17.9. The molecule has 0 saturated carbocycles. The summed E-state index contributed by atoms with van der Waals surface area (Å²) in [5, 5.41) is 2.38. The van der Waals surface area contributed by atoms with Crippen molar-refractivity contribution in [2.45, 2.75) is 12.7 Å². The molecule has 2 rings (SSSR count). The SMILES string of the molecule is CN1C(=O)OC(CNC(=O)OCc2ccccc2)C1=O. The highest BCUT2D eigenvalue weighted by atomic mass is 16.6. The molecule has 1 atom stereocenters. The summed E-state index contributed by atoms with van der Waals surface area (Å²) in [5.41, 5.74) is 0.853. The molecule has 1 unspecified atom stereocenters. The minimum absolute atomic E-state index is 0.109. The number of amides is 3. The molecule has 1 aliphatic rings. The van der Waals surface area contributed by atoms with Gasteiger partial charge in [-0.3, -0.25) is 4.79 Å². The van der Waals surface area contributed by atoms with Crippen LogP contribution in [0.3, 0.4) is 0 Å². The molecule has 1 aliphatic heterocycles. The lowest BCUT2D eigenvalue weighted by atomic mass is 10.2. The van der Waals surface area contributed by atoms with Crippen LogP contribution >= 0.6 is 0 Å². The molecule has 20 heavy (non-hydrogen) atoms.